The summed E-state index contributed by atoms with van der Waals surface area (Å²) in [6, 6.07) is 4.67. The number of rotatable bonds is 4. The summed E-state index contributed by atoms with van der Waals surface area (Å²) in [5, 5.41) is 7.39. The molecule has 1 aliphatic rings. The molecule has 0 saturated carbocycles. The fourth-order valence-electron chi connectivity index (χ4n) is 2.40. The Balaban J connectivity index is 1.66. The number of hydrogen-bond acceptors (Lipinski definition) is 3. The van der Waals surface area contributed by atoms with Gasteiger partial charge in [-0.1, -0.05) is 0 Å². The molecule has 0 amide bonds. The van der Waals surface area contributed by atoms with Crippen LogP contribution in [0.5, 0.6) is 5.75 Å². The number of ether oxygens (including phenoxy) is 1. The maximum atomic E-state index is 13.1. The summed E-state index contributed by atoms with van der Waals surface area (Å²) in [4.78, 5) is 0. The average Bonchev–Trinajstić information content (AvgIpc) is 2.96. The molecule has 1 atom stereocenters. The molecule has 1 aromatic heterocycles. The van der Waals surface area contributed by atoms with Crippen LogP contribution in [0.1, 0.15) is 11.1 Å². The van der Waals surface area contributed by atoms with Gasteiger partial charge in [-0.25, -0.2) is 4.39 Å². The fourth-order valence-corrected chi connectivity index (χ4v) is 2.40. The van der Waals surface area contributed by atoms with E-state index in [-0.39, 0.29) is 11.9 Å². The lowest BCUT2D eigenvalue weighted by atomic mass is 10.1. The van der Waals surface area contributed by atoms with Crippen molar-refractivity contribution < 1.29 is 9.13 Å². The van der Waals surface area contributed by atoms with Crippen molar-refractivity contribution in [1.82, 2.24) is 15.1 Å². The first-order valence-corrected chi connectivity index (χ1v) is 6.35. The quantitative estimate of drug-likeness (QED) is 0.911. The predicted molar refractivity (Wildman–Crippen MR) is 69.5 cm³/mol. The van der Waals surface area contributed by atoms with Crippen molar-refractivity contribution in [1.29, 1.82) is 0 Å². The van der Waals surface area contributed by atoms with E-state index < -0.39 is 0 Å². The van der Waals surface area contributed by atoms with E-state index in [0.717, 1.165) is 29.8 Å². The summed E-state index contributed by atoms with van der Waals surface area (Å²) < 4.78 is 20.8. The molecule has 1 aromatic carbocycles. The highest BCUT2D eigenvalue weighted by molar-refractivity contribution is 5.37. The van der Waals surface area contributed by atoms with Crippen LogP contribution in [0.3, 0.4) is 0 Å². The molecule has 19 heavy (non-hydrogen) atoms. The maximum Gasteiger partial charge on any atom is 0.123 e. The second kappa shape index (κ2) is 5.01. The molecule has 0 fully saturated rings. The molecule has 0 aliphatic carbocycles. The first-order valence-electron chi connectivity index (χ1n) is 6.35. The lowest BCUT2D eigenvalue weighted by Crippen LogP contribution is -2.21. The molecular weight excluding hydrogens is 245 g/mol. The highest BCUT2D eigenvalue weighted by atomic mass is 19.1. The molecule has 0 spiro atoms. The van der Waals surface area contributed by atoms with Crippen LogP contribution >= 0.6 is 0 Å². The number of nitrogens with one attached hydrogen (secondary N) is 1. The van der Waals surface area contributed by atoms with Gasteiger partial charge in [0.25, 0.3) is 0 Å². The molecular formula is C14H16FN3O. The number of aromatic nitrogens is 2. The van der Waals surface area contributed by atoms with Gasteiger partial charge in [0.2, 0.25) is 0 Å². The number of benzene rings is 1. The van der Waals surface area contributed by atoms with Gasteiger partial charge in [-0.15, -0.1) is 0 Å². The lowest BCUT2D eigenvalue weighted by Gasteiger charge is -2.10. The SMILES string of the molecule is CNCc1cnn(CC2Cc3cc(F)ccc3O2)c1. The Morgan fingerprint density at radius 2 is 2.42 bits per heavy atom. The predicted octanol–water partition coefficient (Wildman–Crippen LogP) is 1.75. The Bertz CT molecular complexity index is 582. The second-order valence-electron chi connectivity index (χ2n) is 4.80. The van der Waals surface area contributed by atoms with E-state index in [0.29, 0.717) is 6.54 Å². The van der Waals surface area contributed by atoms with Crippen molar-refractivity contribution in [3.05, 3.63) is 47.5 Å². The largest absolute Gasteiger partial charge is 0.488 e. The summed E-state index contributed by atoms with van der Waals surface area (Å²) >= 11 is 0. The molecule has 1 N–H and O–H groups in total. The number of halogens is 1. The zero-order valence-electron chi connectivity index (χ0n) is 10.8. The Morgan fingerprint density at radius 1 is 1.53 bits per heavy atom. The van der Waals surface area contributed by atoms with Crippen LogP contribution in [-0.2, 0) is 19.5 Å². The third-order valence-electron chi connectivity index (χ3n) is 3.22. The average molecular weight is 261 g/mol. The summed E-state index contributed by atoms with van der Waals surface area (Å²) in [6.45, 7) is 1.48. The Labute approximate surface area is 111 Å². The van der Waals surface area contributed by atoms with Crippen LogP contribution in [0.25, 0.3) is 0 Å². The first-order chi connectivity index (χ1) is 9.24. The van der Waals surface area contributed by atoms with E-state index in [1.54, 1.807) is 12.1 Å². The summed E-state index contributed by atoms with van der Waals surface area (Å²) in [5.41, 5.74) is 2.08. The molecule has 1 aliphatic heterocycles. The molecule has 100 valence electrons. The van der Waals surface area contributed by atoms with Crippen molar-refractivity contribution in [3.8, 4) is 5.75 Å². The Kier molecular flexibility index (Phi) is 3.21. The van der Waals surface area contributed by atoms with Crippen molar-refractivity contribution >= 4 is 0 Å². The molecule has 0 saturated heterocycles. The normalized spacial score (nSPS) is 17.3. The van der Waals surface area contributed by atoms with E-state index in [2.05, 4.69) is 10.4 Å². The highest BCUT2D eigenvalue weighted by Gasteiger charge is 2.23. The molecule has 2 aromatic rings. The number of nitrogens with zero attached hydrogens (tertiary/aromatic N) is 2. The minimum Gasteiger partial charge on any atom is -0.488 e. The highest BCUT2D eigenvalue weighted by Crippen LogP contribution is 2.29. The van der Waals surface area contributed by atoms with Crippen LogP contribution in [-0.4, -0.2) is 22.9 Å². The third-order valence-corrected chi connectivity index (χ3v) is 3.22. The third kappa shape index (κ3) is 2.61. The topological polar surface area (TPSA) is 39.1 Å². The van der Waals surface area contributed by atoms with Gasteiger partial charge in [-0.2, -0.15) is 5.10 Å². The van der Waals surface area contributed by atoms with Gasteiger partial charge < -0.3 is 10.1 Å². The minimum atomic E-state index is -0.210. The van der Waals surface area contributed by atoms with E-state index in [1.165, 1.54) is 6.07 Å². The van der Waals surface area contributed by atoms with Crippen molar-refractivity contribution in [3.63, 3.8) is 0 Å². The standard InChI is InChI=1S/C14H16FN3O/c1-16-6-10-7-17-18(8-10)9-13-5-11-4-12(15)2-3-14(11)19-13/h2-4,7-8,13,16H,5-6,9H2,1H3. The van der Waals surface area contributed by atoms with Gasteiger partial charge in [0.05, 0.1) is 12.7 Å². The number of hydrogen-bond donors (Lipinski definition) is 1. The minimum absolute atomic E-state index is 0.0270. The van der Waals surface area contributed by atoms with E-state index in [1.807, 2.05) is 24.1 Å². The molecule has 1 unspecified atom stereocenters. The first kappa shape index (κ1) is 12.2. The Morgan fingerprint density at radius 3 is 3.26 bits per heavy atom. The van der Waals surface area contributed by atoms with E-state index in [9.17, 15) is 4.39 Å². The summed E-state index contributed by atoms with van der Waals surface area (Å²) in [6.07, 6.45) is 4.61. The Hall–Kier alpha value is -1.88. The molecule has 4 nitrogen and oxygen atoms in total. The zero-order chi connectivity index (χ0) is 13.2. The maximum absolute atomic E-state index is 13.1. The van der Waals surface area contributed by atoms with Crippen LogP contribution in [0.15, 0.2) is 30.6 Å². The van der Waals surface area contributed by atoms with Crippen molar-refractivity contribution in [2.24, 2.45) is 0 Å². The molecule has 0 bridgehead atoms. The van der Waals surface area contributed by atoms with Crippen LogP contribution in [0, 0.1) is 5.82 Å². The van der Waals surface area contributed by atoms with Gasteiger partial charge >= 0.3 is 0 Å². The molecule has 0 radical (unpaired) electrons. The lowest BCUT2D eigenvalue weighted by molar-refractivity contribution is 0.203. The van der Waals surface area contributed by atoms with E-state index in [4.69, 9.17) is 4.74 Å². The van der Waals surface area contributed by atoms with Crippen LogP contribution in [0.2, 0.25) is 0 Å². The van der Waals surface area contributed by atoms with Gasteiger partial charge in [0.15, 0.2) is 0 Å². The summed E-state index contributed by atoms with van der Waals surface area (Å²) in [7, 11) is 1.91. The monoisotopic (exact) mass is 261 g/mol. The van der Waals surface area contributed by atoms with E-state index >= 15 is 0 Å². The van der Waals surface area contributed by atoms with Crippen LogP contribution in [0.4, 0.5) is 4.39 Å². The van der Waals surface area contributed by atoms with Crippen LogP contribution < -0.4 is 10.1 Å². The summed E-state index contributed by atoms with van der Waals surface area (Å²) in [5.74, 6) is 0.576. The molecule has 2 heterocycles. The molecule has 5 heteroatoms. The van der Waals surface area contributed by atoms with Gasteiger partial charge in [-0.3, -0.25) is 4.68 Å². The van der Waals surface area contributed by atoms with Gasteiger partial charge in [0, 0.05) is 30.3 Å². The number of fused-ring (bicyclic) bond motifs is 1. The zero-order valence-corrected chi connectivity index (χ0v) is 10.8. The smallest absolute Gasteiger partial charge is 0.123 e. The van der Waals surface area contributed by atoms with Gasteiger partial charge in [-0.05, 0) is 25.2 Å². The van der Waals surface area contributed by atoms with Crippen molar-refractivity contribution in [2.75, 3.05) is 7.05 Å². The molecule has 3 rings (SSSR count). The van der Waals surface area contributed by atoms with Gasteiger partial charge in [0.1, 0.15) is 17.7 Å². The fraction of sp³-hybridized carbons (Fsp3) is 0.357. The second-order valence-corrected chi connectivity index (χ2v) is 4.80. The van der Waals surface area contributed by atoms with Crippen molar-refractivity contribution in [2.45, 2.75) is 25.6 Å².